The fraction of sp³-hybridized carbons (Fsp3) is 0.0909. The van der Waals surface area contributed by atoms with Gasteiger partial charge >= 0.3 is 5.91 Å². The van der Waals surface area contributed by atoms with E-state index in [0.29, 0.717) is 38.6 Å². The van der Waals surface area contributed by atoms with Crippen LogP contribution in [0.5, 0.6) is 5.75 Å². The summed E-state index contributed by atoms with van der Waals surface area (Å²) in [4.78, 5) is 28.3. The molecular formula is C33H24ClN3O4S2. The summed E-state index contributed by atoms with van der Waals surface area (Å²) in [5.41, 5.74) is 3.09. The van der Waals surface area contributed by atoms with E-state index in [2.05, 4.69) is 10.2 Å². The van der Waals surface area contributed by atoms with Gasteiger partial charge in [-0.3, -0.25) is 14.5 Å². The smallest absolute Gasteiger partial charge is 0.301 e. The van der Waals surface area contributed by atoms with Crippen molar-refractivity contribution in [1.29, 1.82) is 0 Å². The maximum absolute atomic E-state index is 13.5. The molecule has 1 saturated heterocycles. The number of ketones is 1. The average Bonchev–Trinajstić information content (AvgIpc) is 3.62. The van der Waals surface area contributed by atoms with Crippen LogP contribution < -0.4 is 9.64 Å². The molecule has 43 heavy (non-hydrogen) atoms. The summed E-state index contributed by atoms with van der Waals surface area (Å²) in [5.74, 6) is -0.595. The monoisotopic (exact) mass is 625 g/mol. The number of hydrogen-bond acceptors (Lipinski definition) is 8. The predicted octanol–water partition coefficient (Wildman–Crippen LogP) is 7.69. The Hall–Kier alpha value is -4.44. The molecule has 10 heteroatoms. The van der Waals surface area contributed by atoms with Crippen LogP contribution in [0.25, 0.3) is 5.76 Å². The van der Waals surface area contributed by atoms with Crippen LogP contribution in [0.4, 0.5) is 5.13 Å². The third-order valence-electron chi connectivity index (χ3n) is 6.81. The van der Waals surface area contributed by atoms with Crippen molar-refractivity contribution in [3.8, 4) is 5.75 Å². The van der Waals surface area contributed by atoms with Crippen LogP contribution in [0.1, 0.15) is 28.3 Å². The summed E-state index contributed by atoms with van der Waals surface area (Å²) >= 11 is 8.76. The van der Waals surface area contributed by atoms with Crippen molar-refractivity contribution >= 4 is 57.3 Å². The lowest BCUT2D eigenvalue weighted by molar-refractivity contribution is -0.132. The molecule has 0 bridgehead atoms. The lowest BCUT2D eigenvalue weighted by Gasteiger charge is -2.22. The van der Waals surface area contributed by atoms with Crippen molar-refractivity contribution in [1.82, 2.24) is 10.2 Å². The van der Waals surface area contributed by atoms with Gasteiger partial charge in [0.15, 0.2) is 4.34 Å². The highest BCUT2D eigenvalue weighted by Crippen LogP contribution is 2.44. The van der Waals surface area contributed by atoms with E-state index < -0.39 is 17.7 Å². The molecule has 7 nitrogen and oxygen atoms in total. The lowest BCUT2D eigenvalue weighted by Crippen LogP contribution is -2.29. The van der Waals surface area contributed by atoms with Crippen LogP contribution in [0.15, 0.2) is 119 Å². The van der Waals surface area contributed by atoms with E-state index in [9.17, 15) is 14.7 Å². The number of nitrogens with zero attached hydrogens (tertiary/aromatic N) is 3. The number of carbonyl (C=O) groups excluding carboxylic acids is 2. The number of benzene rings is 4. The van der Waals surface area contributed by atoms with E-state index in [-0.39, 0.29) is 16.5 Å². The molecule has 4 aromatic carbocycles. The van der Waals surface area contributed by atoms with Gasteiger partial charge in [-0.25, -0.2) is 0 Å². The number of thioether (sulfide) groups is 1. The van der Waals surface area contributed by atoms with Crippen LogP contribution in [-0.4, -0.2) is 27.0 Å². The molecule has 1 atom stereocenters. The van der Waals surface area contributed by atoms with Gasteiger partial charge in [-0.2, -0.15) is 0 Å². The molecule has 1 N–H and O–H groups in total. The molecule has 6 rings (SSSR count). The van der Waals surface area contributed by atoms with Crippen molar-refractivity contribution in [2.45, 2.75) is 22.7 Å². The van der Waals surface area contributed by atoms with Gasteiger partial charge in [0.1, 0.15) is 18.1 Å². The second kappa shape index (κ2) is 12.8. The molecule has 0 radical (unpaired) electrons. The summed E-state index contributed by atoms with van der Waals surface area (Å²) < 4.78 is 6.60. The van der Waals surface area contributed by atoms with Gasteiger partial charge in [-0.15, -0.1) is 10.2 Å². The lowest BCUT2D eigenvalue weighted by atomic mass is 9.95. The van der Waals surface area contributed by atoms with Gasteiger partial charge in [0.05, 0.1) is 11.6 Å². The van der Waals surface area contributed by atoms with E-state index in [1.807, 2.05) is 60.7 Å². The number of amides is 1. The summed E-state index contributed by atoms with van der Waals surface area (Å²) in [5, 5.41) is 20.7. The Balaban J connectivity index is 1.34. The standard InChI is InChI=1S/C33H24ClN3O4S2/c34-25-15-11-24(12-16-25)29(38)27-28(23-13-17-26(18-14-23)41-19-21-7-3-1-4-8-21)37(31(40)30(27)39)32-35-36-33(43-32)42-20-22-9-5-2-6-10-22/h1-18,28,38H,19-20H2/b29-27-. The van der Waals surface area contributed by atoms with E-state index in [1.165, 1.54) is 28.0 Å². The number of anilines is 1. The van der Waals surface area contributed by atoms with Gasteiger partial charge in [0.25, 0.3) is 5.78 Å². The molecule has 1 unspecified atom stereocenters. The van der Waals surface area contributed by atoms with E-state index >= 15 is 0 Å². The first kappa shape index (κ1) is 28.7. The minimum atomic E-state index is -0.932. The maximum atomic E-state index is 13.5. The zero-order valence-electron chi connectivity index (χ0n) is 22.6. The first-order chi connectivity index (χ1) is 21.0. The second-order valence-electron chi connectivity index (χ2n) is 9.64. The van der Waals surface area contributed by atoms with E-state index in [1.54, 1.807) is 48.5 Å². The number of rotatable bonds is 9. The molecule has 5 aromatic rings. The Labute approximate surface area is 261 Å². The summed E-state index contributed by atoms with van der Waals surface area (Å²) in [6.07, 6.45) is 0. The third kappa shape index (κ3) is 6.34. The summed E-state index contributed by atoms with van der Waals surface area (Å²) in [6, 6.07) is 32.4. The van der Waals surface area contributed by atoms with Crippen LogP contribution in [-0.2, 0) is 21.9 Å². The number of aliphatic hydroxyl groups is 1. The molecule has 1 amide bonds. The van der Waals surface area contributed by atoms with Gasteiger partial charge in [-0.05, 0) is 53.1 Å². The number of aliphatic hydroxyl groups excluding tert-OH is 1. The Bertz CT molecular complexity index is 1780. The third-order valence-corrected chi connectivity index (χ3v) is 9.19. The zero-order valence-corrected chi connectivity index (χ0v) is 25.0. The summed E-state index contributed by atoms with van der Waals surface area (Å²) in [6.45, 7) is 0.392. The zero-order chi connectivity index (χ0) is 29.8. The number of carbonyl (C=O) groups is 2. The molecule has 1 aromatic heterocycles. The van der Waals surface area contributed by atoms with Crippen molar-refractivity contribution in [3.05, 3.63) is 142 Å². The molecule has 0 spiro atoms. The second-order valence-corrected chi connectivity index (χ2v) is 12.3. The minimum absolute atomic E-state index is 0.0426. The molecule has 0 aliphatic carbocycles. The number of ether oxygens (including phenoxy) is 1. The average molecular weight is 626 g/mol. The molecule has 1 aliphatic heterocycles. The highest BCUT2D eigenvalue weighted by molar-refractivity contribution is 8.00. The molecule has 2 heterocycles. The molecule has 1 aliphatic rings. The fourth-order valence-electron chi connectivity index (χ4n) is 4.67. The van der Waals surface area contributed by atoms with Crippen molar-refractivity contribution in [2.24, 2.45) is 0 Å². The number of halogens is 1. The first-order valence-corrected chi connectivity index (χ1v) is 15.5. The van der Waals surface area contributed by atoms with Crippen LogP contribution in [0.2, 0.25) is 5.02 Å². The molecule has 1 fully saturated rings. The Morgan fingerprint density at radius 2 is 1.51 bits per heavy atom. The fourth-order valence-corrected chi connectivity index (χ4v) is 6.62. The van der Waals surface area contributed by atoms with Gasteiger partial charge < -0.3 is 9.84 Å². The van der Waals surface area contributed by atoms with Crippen LogP contribution >= 0.6 is 34.7 Å². The van der Waals surface area contributed by atoms with Crippen molar-refractivity contribution in [3.63, 3.8) is 0 Å². The number of aromatic nitrogens is 2. The van der Waals surface area contributed by atoms with Crippen molar-refractivity contribution in [2.75, 3.05) is 4.90 Å². The van der Waals surface area contributed by atoms with Crippen LogP contribution in [0, 0.1) is 0 Å². The Kier molecular flexibility index (Phi) is 8.55. The maximum Gasteiger partial charge on any atom is 0.301 e. The number of hydrogen-bond donors (Lipinski definition) is 1. The van der Waals surface area contributed by atoms with Crippen molar-refractivity contribution < 1.29 is 19.4 Å². The Morgan fingerprint density at radius 1 is 0.860 bits per heavy atom. The first-order valence-electron chi connectivity index (χ1n) is 13.3. The highest BCUT2D eigenvalue weighted by Gasteiger charge is 2.48. The molecule has 214 valence electrons. The summed E-state index contributed by atoms with van der Waals surface area (Å²) in [7, 11) is 0. The molecule has 0 saturated carbocycles. The quantitative estimate of drug-likeness (QED) is 0.0590. The minimum Gasteiger partial charge on any atom is -0.507 e. The topological polar surface area (TPSA) is 92.6 Å². The van der Waals surface area contributed by atoms with E-state index in [0.717, 1.165) is 11.1 Å². The molecular weight excluding hydrogens is 602 g/mol. The largest absolute Gasteiger partial charge is 0.507 e. The highest BCUT2D eigenvalue weighted by atomic mass is 35.5. The Morgan fingerprint density at radius 3 is 2.19 bits per heavy atom. The predicted molar refractivity (Wildman–Crippen MR) is 169 cm³/mol. The van der Waals surface area contributed by atoms with Crippen LogP contribution in [0.3, 0.4) is 0 Å². The van der Waals surface area contributed by atoms with Gasteiger partial charge in [0.2, 0.25) is 5.13 Å². The van der Waals surface area contributed by atoms with Gasteiger partial charge in [-0.1, -0.05) is 107 Å². The SMILES string of the molecule is O=C1C(=O)N(c2nnc(SCc3ccccc3)s2)C(c2ccc(OCc3ccccc3)cc2)/C1=C(/O)c1ccc(Cl)cc1. The number of Topliss-reactive ketones (excluding diaryl/α,β-unsaturated/α-hetero) is 1. The normalized spacial score (nSPS) is 16.0. The van der Waals surface area contributed by atoms with E-state index in [4.69, 9.17) is 16.3 Å². The van der Waals surface area contributed by atoms with Gasteiger partial charge in [0, 0.05) is 16.3 Å².